The molecular weight excluding hydrogens is 493 g/mol. The molecule has 0 saturated carbocycles. The Balaban J connectivity index is 1.61. The Morgan fingerprint density at radius 2 is 1.60 bits per heavy atom. The Morgan fingerprint density at radius 1 is 0.886 bits per heavy atom. The summed E-state index contributed by atoms with van der Waals surface area (Å²) in [5.74, 6) is -0.457. The van der Waals surface area contributed by atoms with E-state index in [2.05, 4.69) is 15.8 Å². The molecule has 3 rings (SSSR count). The van der Waals surface area contributed by atoms with Gasteiger partial charge in [-0.15, -0.1) is 0 Å². The molecule has 10 heteroatoms. The fourth-order valence-electron chi connectivity index (χ4n) is 2.91. The summed E-state index contributed by atoms with van der Waals surface area (Å²) >= 11 is 11.9. The average molecular weight is 516 g/mol. The van der Waals surface area contributed by atoms with E-state index in [-0.39, 0.29) is 5.69 Å². The molecule has 3 aromatic rings. The Morgan fingerprint density at radius 3 is 2.31 bits per heavy atom. The molecule has 0 spiro atoms. The number of benzene rings is 3. The third kappa shape index (κ3) is 7.63. The highest BCUT2D eigenvalue weighted by molar-refractivity contribution is 6.40. The fraction of sp³-hybridized carbons (Fsp3) is 0.160. The van der Waals surface area contributed by atoms with Gasteiger partial charge in [0.25, 0.3) is 0 Å². The van der Waals surface area contributed by atoms with Crippen LogP contribution in [0.2, 0.25) is 10.0 Å². The van der Waals surface area contributed by atoms with Crippen molar-refractivity contribution in [3.63, 3.8) is 0 Å². The summed E-state index contributed by atoms with van der Waals surface area (Å²) in [4.78, 5) is 24.3. The molecule has 0 fully saturated rings. The van der Waals surface area contributed by atoms with Crippen LogP contribution in [0.5, 0.6) is 17.2 Å². The maximum absolute atomic E-state index is 12.2. The molecule has 2 N–H and O–H groups in total. The molecule has 35 heavy (non-hydrogen) atoms. The van der Waals surface area contributed by atoms with Crippen molar-refractivity contribution < 1.29 is 23.8 Å². The van der Waals surface area contributed by atoms with E-state index in [1.807, 2.05) is 19.1 Å². The summed E-state index contributed by atoms with van der Waals surface area (Å²) in [5, 5.41) is 7.32. The zero-order valence-corrected chi connectivity index (χ0v) is 20.5. The lowest BCUT2D eigenvalue weighted by molar-refractivity contribution is -0.136. The van der Waals surface area contributed by atoms with Crippen molar-refractivity contribution in [2.24, 2.45) is 5.10 Å². The van der Waals surface area contributed by atoms with Gasteiger partial charge in [0.2, 0.25) is 0 Å². The number of carbonyl (C=O) groups excluding carboxylic acids is 2. The minimum absolute atomic E-state index is 0.264. The molecule has 182 valence electrons. The summed E-state index contributed by atoms with van der Waals surface area (Å²) in [6, 6.07) is 17.2. The molecule has 2 amide bonds. The third-order valence-corrected chi connectivity index (χ3v) is 5.06. The molecule has 0 aliphatic carbocycles. The molecule has 0 bridgehead atoms. The van der Waals surface area contributed by atoms with Gasteiger partial charge in [-0.05, 0) is 66.6 Å². The molecular formula is C25H23Cl2N3O5. The molecule has 3 aromatic carbocycles. The van der Waals surface area contributed by atoms with E-state index < -0.39 is 11.8 Å². The Labute approximate surface area is 212 Å². The van der Waals surface area contributed by atoms with Crippen LogP contribution in [0, 0.1) is 0 Å². The SMILES string of the molecule is CCOc1cc(/C=N/NC(=O)C(=O)Nc2cc(Cl)ccc2OC)ccc1OCc1ccc(Cl)cc1. The van der Waals surface area contributed by atoms with Crippen molar-refractivity contribution in [1.82, 2.24) is 5.43 Å². The van der Waals surface area contributed by atoms with E-state index in [4.69, 9.17) is 37.4 Å². The number of nitrogens with one attached hydrogen (secondary N) is 2. The predicted molar refractivity (Wildman–Crippen MR) is 136 cm³/mol. The highest BCUT2D eigenvalue weighted by atomic mass is 35.5. The molecule has 0 saturated heterocycles. The van der Waals surface area contributed by atoms with Crippen LogP contribution < -0.4 is 25.0 Å². The van der Waals surface area contributed by atoms with E-state index in [9.17, 15) is 9.59 Å². The second kappa shape index (κ2) is 12.6. The highest BCUT2D eigenvalue weighted by Crippen LogP contribution is 2.29. The zero-order valence-electron chi connectivity index (χ0n) is 19.0. The number of anilines is 1. The zero-order chi connectivity index (χ0) is 25.2. The topological polar surface area (TPSA) is 98.2 Å². The quantitative estimate of drug-likeness (QED) is 0.235. The van der Waals surface area contributed by atoms with Gasteiger partial charge in [-0.25, -0.2) is 5.43 Å². The molecule has 0 heterocycles. The van der Waals surface area contributed by atoms with Crippen LogP contribution in [0.3, 0.4) is 0 Å². The van der Waals surface area contributed by atoms with E-state index >= 15 is 0 Å². The maximum Gasteiger partial charge on any atom is 0.329 e. The molecule has 0 unspecified atom stereocenters. The van der Waals surface area contributed by atoms with E-state index in [1.165, 1.54) is 19.4 Å². The lowest BCUT2D eigenvalue weighted by Crippen LogP contribution is -2.32. The van der Waals surface area contributed by atoms with Gasteiger partial charge in [0.15, 0.2) is 11.5 Å². The number of rotatable bonds is 9. The molecule has 0 aliphatic heterocycles. The van der Waals surface area contributed by atoms with Crippen molar-refractivity contribution in [1.29, 1.82) is 0 Å². The first kappa shape index (κ1) is 25.9. The second-order valence-electron chi connectivity index (χ2n) is 7.05. The molecule has 8 nitrogen and oxygen atoms in total. The van der Waals surface area contributed by atoms with Gasteiger partial charge in [0.1, 0.15) is 12.4 Å². The minimum Gasteiger partial charge on any atom is -0.495 e. The number of carbonyl (C=O) groups is 2. The first-order valence-corrected chi connectivity index (χ1v) is 11.3. The first-order valence-electron chi connectivity index (χ1n) is 10.5. The molecule has 0 atom stereocenters. The lowest BCUT2D eigenvalue weighted by Gasteiger charge is -2.12. The predicted octanol–water partition coefficient (Wildman–Crippen LogP) is 5.07. The number of halogens is 2. The van der Waals surface area contributed by atoms with Crippen LogP contribution in [0.25, 0.3) is 0 Å². The molecule has 0 radical (unpaired) electrons. The normalized spacial score (nSPS) is 10.6. The summed E-state index contributed by atoms with van der Waals surface area (Å²) in [6.07, 6.45) is 1.39. The van der Waals surface area contributed by atoms with E-state index in [0.29, 0.717) is 46.1 Å². The van der Waals surface area contributed by atoms with Crippen molar-refractivity contribution >= 4 is 46.9 Å². The number of hydrazone groups is 1. The monoisotopic (exact) mass is 515 g/mol. The summed E-state index contributed by atoms with van der Waals surface area (Å²) in [5.41, 5.74) is 4.03. The van der Waals surface area contributed by atoms with Crippen LogP contribution in [0.4, 0.5) is 5.69 Å². The van der Waals surface area contributed by atoms with E-state index in [0.717, 1.165) is 5.56 Å². The van der Waals surface area contributed by atoms with Gasteiger partial charge in [0, 0.05) is 10.0 Å². The van der Waals surface area contributed by atoms with Gasteiger partial charge in [0.05, 0.1) is 25.6 Å². The number of ether oxygens (including phenoxy) is 3. The van der Waals surface area contributed by atoms with E-state index in [1.54, 1.807) is 42.5 Å². The molecule has 0 aromatic heterocycles. The Bertz CT molecular complexity index is 1220. The average Bonchev–Trinajstić information content (AvgIpc) is 2.85. The van der Waals surface area contributed by atoms with Crippen LogP contribution in [-0.4, -0.2) is 31.7 Å². The number of amides is 2. The standard InChI is InChI=1S/C25H23Cl2N3O5/c1-3-34-23-12-17(6-10-22(23)35-15-16-4-7-18(26)8-5-16)14-28-30-25(32)24(31)29-20-13-19(27)9-11-21(20)33-2/h4-14H,3,15H2,1-2H3,(H,29,31)(H,30,32)/b28-14+. The highest BCUT2D eigenvalue weighted by Gasteiger charge is 2.16. The summed E-state index contributed by atoms with van der Waals surface area (Å²) in [6.45, 7) is 2.63. The summed E-state index contributed by atoms with van der Waals surface area (Å²) in [7, 11) is 1.44. The van der Waals surface area contributed by atoms with Crippen molar-refractivity contribution in [3.05, 3.63) is 81.8 Å². The summed E-state index contributed by atoms with van der Waals surface area (Å²) < 4.78 is 16.7. The van der Waals surface area contributed by atoms with Crippen molar-refractivity contribution in [3.8, 4) is 17.2 Å². The van der Waals surface area contributed by atoms with Crippen LogP contribution in [-0.2, 0) is 16.2 Å². The third-order valence-electron chi connectivity index (χ3n) is 4.57. The van der Waals surface area contributed by atoms with Gasteiger partial charge in [-0.3, -0.25) is 9.59 Å². The second-order valence-corrected chi connectivity index (χ2v) is 7.93. The van der Waals surface area contributed by atoms with Gasteiger partial charge >= 0.3 is 11.8 Å². The van der Waals surface area contributed by atoms with Crippen LogP contribution in [0.15, 0.2) is 65.8 Å². The van der Waals surface area contributed by atoms with Crippen molar-refractivity contribution in [2.75, 3.05) is 19.0 Å². The smallest absolute Gasteiger partial charge is 0.329 e. The number of hydrogen-bond donors (Lipinski definition) is 2. The fourth-order valence-corrected chi connectivity index (χ4v) is 3.21. The number of hydrogen-bond acceptors (Lipinski definition) is 6. The number of methoxy groups -OCH3 is 1. The van der Waals surface area contributed by atoms with Gasteiger partial charge in [-0.1, -0.05) is 35.3 Å². The first-order chi connectivity index (χ1) is 16.9. The number of nitrogens with zero attached hydrogens (tertiary/aromatic N) is 1. The molecule has 0 aliphatic rings. The Kier molecular flexibility index (Phi) is 9.34. The maximum atomic E-state index is 12.2. The van der Waals surface area contributed by atoms with Gasteiger partial charge < -0.3 is 19.5 Å². The van der Waals surface area contributed by atoms with Gasteiger partial charge in [-0.2, -0.15) is 5.10 Å². The lowest BCUT2D eigenvalue weighted by atomic mass is 10.2. The minimum atomic E-state index is -0.962. The largest absolute Gasteiger partial charge is 0.495 e. The van der Waals surface area contributed by atoms with Crippen LogP contribution in [0.1, 0.15) is 18.1 Å². The van der Waals surface area contributed by atoms with Crippen molar-refractivity contribution in [2.45, 2.75) is 13.5 Å². The van der Waals surface area contributed by atoms with Crippen LogP contribution >= 0.6 is 23.2 Å². The Hall–Kier alpha value is -3.75.